The van der Waals surface area contributed by atoms with E-state index in [4.69, 9.17) is 10.5 Å². The molecule has 10 nitrogen and oxygen atoms in total. The molecule has 0 unspecified atom stereocenters. The van der Waals surface area contributed by atoms with Gasteiger partial charge in [0.25, 0.3) is 0 Å². The molecule has 1 fully saturated rings. The molecule has 1 aliphatic rings. The highest BCUT2D eigenvalue weighted by Crippen LogP contribution is 2.36. The van der Waals surface area contributed by atoms with Crippen molar-refractivity contribution in [2.24, 2.45) is 5.41 Å². The van der Waals surface area contributed by atoms with Crippen LogP contribution in [0.15, 0.2) is 73.1 Å². The Kier molecular flexibility index (Phi) is 8.77. The summed E-state index contributed by atoms with van der Waals surface area (Å²) < 4.78 is 5.88. The van der Waals surface area contributed by atoms with E-state index in [0.717, 1.165) is 11.3 Å². The Hall–Kier alpha value is -4.44. The van der Waals surface area contributed by atoms with Crippen LogP contribution in [0.2, 0.25) is 0 Å². The van der Waals surface area contributed by atoms with Gasteiger partial charge in [-0.2, -0.15) is 0 Å². The average Bonchev–Trinajstić information content (AvgIpc) is 2.93. The number of piperidine rings is 1. The number of ether oxygens (including phenoxy) is 1. The summed E-state index contributed by atoms with van der Waals surface area (Å²) in [5.74, 6) is 1.11. The summed E-state index contributed by atoms with van der Waals surface area (Å²) in [7, 11) is 3.85. The standard InChI is InChI=1S/C29H34N6O4/c1-34(2)16-6-9-24(36)35-17-14-29(15-18-35,28(37)38)19-31-27-25(26(30)32-20-33-27)21-10-12-23(13-11-21)39-22-7-4-3-5-8-22/h3-13,20H,14-19H2,1-2H3,(H,37,38)(H3,30,31,32,33). The third-order valence-electron chi connectivity index (χ3n) is 6.81. The number of nitrogens with two attached hydrogens (primary N) is 1. The van der Waals surface area contributed by atoms with Crippen molar-refractivity contribution in [2.45, 2.75) is 12.8 Å². The van der Waals surface area contributed by atoms with Crippen molar-refractivity contribution in [3.8, 4) is 22.6 Å². The maximum absolute atomic E-state index is 12.5. The fourth-order valence-corrected chi connectivity index (χ4v) is 4.48. The van der Waals surface area contributed by atoms with Crippen LogP contribution in [0, 0.1) is 5.41 Å². The number of nitrogen functional groups attached to an aromatic ring is 1. The number of likely N-dealkylation sites (N-methyl/N-ethyl adjacent to an activating group) is 1. The molecule has 0 aliphatic carbocycles. The number of hydrogen-bond donors (Lipinski definition) is 3. The lowest BCUT2D eigenvalue weighted by atomic mass is 9.78. The Morgan fingerprint density at radius 1 is 1.08 bits per heavy atom. The first-order valence-electron chi connectivity index (χ1n) is 12.8. The van der Waals surface area contributed by atoms with Gasteiger partial charge in [0.05, 0.1) is 11.0 Å². The van der Waals surface area contributed by atoms with Crippen molar-refractivity contribution in [3.05, 3.63) is 73.1 Å². The number of carboxylic acids is 1. The van der Waals surface area contributed by atoms with Crippen molar-refractivity contribution in [1.29, 1.82) is 0 Å². The van der Waals surface area contributed by atoms with Crippen LogP contribution in [0.25, 0.3) is 11.1 Å². The highest BCUT2D eigenvalue weighted by molar-refractivity contribution is 5.88. The summed E-state index contributed by atoms with van der Waals surface area (Å²) in [5, 5.41) is 13.4. The van der Waals surface area contributed by atoms with E-state index in [0.29, 0.717) is 49.6 Å². The normalized spacial score (nSPS) is 14.9. The predicted molar refractivity (Wildman–Crippen MR) is 150 cm³/mol. The molecule has 3 aromatic rings. The molecule has 2 heterocycles. The number of hydrogen-bond acceptors (Lipinski definition) is 8. The predicted octanol–water partition coefficient (Wildman–Crippen LogP) is 3.74. The lowest BCUT2D eigenvalue weighted by Crippen LogP contribution is -2.49. The van der Waals surface area contributed by atoms with Crippen LogP contribution in [-0.4, -0.2) is 77.0 Å². The molecule has 1 aromatic heterocycles. The van der Waals surface area contributed by atoms with E-state index in [9.17, 15) is 14.7 Å². The van der Waals surface area contributed by atoms with Crippen LogP contribution in [-0.2, 0) is 9.59 Å². The average molecular weight is 531 g/mol. The van der Waals surface area contributed by atoms with Gasteiger partial charge in [-0.15, -0.1) is 0 Å². The second-order valence-electron chi connectivity index (χ2n) is 9.85. The first-order valence-corrected chi connectivity index (χ1v) is 12.8. The number of amides is 1. The Morgan fingerprint density at radius 2 is 1.74 bits per heavy atom. The van der Waals surface area contributed by atoms with Crippen LogP contribution in [0.4, 0.5) is 11.6 Å². The third kappa shape index (κ3) is 6.91. The lowest BCUT2D eigenvalue weighted by molar-refractivity contribution is -0.152. The van der Waals surface area contributed by atoms with E-state index < -0.39 is 11.4 Å². The van der Waals surface area contributed by atoms with E-state index in [2.05, 4.69) is 15.3 Å². The topological polar surface area (TPSA) is 134 Å². The van der Waals surface area contributed by atoms with Gasteiger partial charge in [0, 0.05) is 32.3 Å². The molecule has 39 heavy (non-hydrogen) atoms. The first kappa shape index (κ1) is 27.6. The second-order valence-corrected chi connectivity index (χ2v) is 9.85. The van der Waals surface area contributed by atoms with Gasteiger partial charge in [-0.05, 0) is 56.8 Å². The van der Waals surface area contributed by atoms with Crippen molar-refractivity contribution in [2.75, 3.05) is 51.3 Å². The monoisotopic (exact) mass is 530 g/mol. The minimum absolute atomic E-state index is 0.102. The maximum atomic E-state index is 12.5. The zero-order chi connectivity index (χ0) is 27.8. The Bertz CT molecular complexity index is 1300. The van der Waals surface area contributed by atoms with Crippen LogP contribution in [0.5, 0.6) is 11.5 Å². The number of carboxylic acid groups (broad SMARTS) is 1. The maximum Gasteiger partial charge on any atom is 0.311 e. The van der Waals surface area contributed by atoms with E-state index in [1.54, 1.807) is 11.0 Å². The fourth-order valence-electron chi connectivity index (χ4n) is 4.48. The van der Waals surface area contributed by atoms with Gasteiger partial charge in [-0.1, -0.05) is 36.4 Å². The molecule has 0 atom stereocenters. The molecule has 4 N–H and O–H groups in total. The number of nitrogens with zero attached hydrogens (tertiary/aromatic N) is 4. The van der Waals surface area contributed by atoms with E-state index in [-0.39, 0.29) is 18.3 Å². The van der Waals surface area contributed by atoms with Gasteiger partial charge in [-0.25, -0.2) is 9.97 Å². The number of likely N-dealkylation sites (tertiary alicyclic amines) is 1. The molecular weight excluding hydrogens is 496 g/mol. The molecule has 10 heteroatoms. The fraction of sp³-hybridized carbons (Fsp3) is 0.310. The summed E-state index contributed by atoms with van der Waals surface area (Å²) in [6.07, 6.45) is 5.36. The molecule has 204 valence electrons. The highest BCUT2D eigenvalue weighted by atomic mass is 16.5. The number of benzene rings is 2. The molecule has 2 aromatic carbocycles. The summed E-state index contributed by atoms with van der Waals surface area (Å²) in [5.41, 5.74) is 6.54. The number of carbonyl (C=O) groups excluding carboxylic acids is 1. The number of aliphatic carboxylic acids is 1. The molecule has 4 rings (SSSR count). The first-order chi connectivity index (χ1) is 18.8. The smallest absolute Gasteiger partial charge is 0.311 e. The number of nitrogens with one attached hydrogen (secondary N) is 1. The van der Waals surface area contributed by atoms with Crippen molar-refractivity contribution >= 4 is 23.5 Å². The van der Waals surface area contributed by atoms with Gasteiger partial charge in [0.2, 0.25) is 5.91 Å². The van der Waals surface area contributed by atoms with Crippen molar-refractivity contribution < 1.29 is 19.4 Å². The zero-order valence-corrected chi connectivity index (χ0v) is 22.2. The molecular formula is C29H34N6O4. The number of para-hydroxylation sites is 1. The van der Waals surface area contributed by atoms with Crippen molar-refractivity contribution in [1.82, 2.24) is 19.8 Å². The molecule has 1 amide bonds. The van der Waals surface area contributed by atoms with Crippen LogP contribution >= 0.6 is 0 Å². The SMILES string of the molecule is CN(C)CC=CC(=O)N1CCC(CNc2ncnc(N)c2-c2ccc(Oc3ccccc3)cc2)(C(=O)O)CC1. The Morgan fingerprint density at radius 3 is 2.38 bits per heavy atom. The van der Waals surface area contributed by atoms with Gasteiger partial charge >= 0.3 is 5.97 Å². The van der Waals surface area contributed by atoms with Crippen LogP contribution in [0.1, 0.15) is 12.8 Å². The minimum Gasteiger partial charge on any atom is -0.481 e. The number of rotatable bonds is 10. The second kappa shape index (κ2) is 12.4. The lowest BCUT2D eigenvalue weighted by Gasteiger charge is -2.38. The zero-order valence-electron chi connectivity index (χ0n) is 22.2. The Balaban J connectivity index is 1.45. The van der Waals surface area contributed by atoms with Crippen LogP contribution in [0.3, 0.4) is 0 Å². The number of carbonyl (C=O) groups is 2. The van der Waals surface area contributed by atoms with Crippen molar-refractivity contribution in [3.63, 3.8) is 0 Å². The summed E-state index contributed by atoms with van der Waals surface area (Å²) >= 11 is 0. The number of aromatic nitrogens is 2. The summed E-state index contributed by atoms with van der Waals surface area (Å²) in [6.45, 7) is 1.52. The van der Waals surface area contributed by atoms with E-state index >= 15 is 0 Å². The Labute approximate surface area is 228 Å². The largest absolute Gasteiger partial charge is 0.481 e. The van der Waals surface area contributed by atoms with Gasteiger partial charge < -0.3 is 30.7 Å². The van der Waals surface area contributed by atoms with Gasteiger partial charge in [0.1, 0.15) is 29.5 Å². The van der Waals surface area contributed by atoms with E-state index in [1.165, 1.54) is 6.33 Å². The molecule has 0 spiro atoms. The molecule has 0 saturated carbocycles. The summed E-state index contributed by atoms with van der Waals surface area (Å²) in [6, 6.07) is 16.9. The molecule has 0 radical (unpaired) electrons. The molecule has 0 bridgehead atoms. The third-order valence-corrected chi connectivity index (χ3v) is 6.81. The number of anilines is 2. The minimum atomic E-state index is -1.05. The van der Waals surface area contributed by atoms with Crippen LogP contribution < -0.4 is 15.8 Å². The highest BCUT2D eigenvalue weighted by Gasteiger charge is 2.42. The molecule has 1 saturated heterocycles. The van der Waals surface area contributed by atoms with Gasteiger partial charge in [0.15, 0.2) is 0 Å². The van der Waals surface area contributed by atoms with Gasteiger partial charge in [-0.3, -0.25) is 9.59 Å². The summed E-state index contributed by atoms with van der Waals surface area (Å²) in [4.78, 5) is 37.1. The van der Waals surface area contributed by atoms with E-state index in [1.807, 2.05) is 79.7 Å². The quantitative estimate of drug-likeness (QED) is 0.335. The molecule has 1 aliphatic heterocycles.